The van der Waals surface area contributed by atoms with Crippen molar-refractivity contribution in [2.75, 3.05) is 17.2 Å². The first-order valence-electron chi connectivity index (χ1n) is 8.37. The number of hydrogen-bond acceptors (Lipinski definition) is 5. The van der Waals surface area contributed by atoms with Crippen molar-refractivity contribution < 1.29 is 23.5 Å². The van der Waals surface area contributed by atoms with Crippen LogP contribution >= 0.6 is 0 Å². The van der Waals surface area contributed by atoms with Gasteiger partial charge in [-0.05, 0) is 38.1 Å². The van der Waals surface area contributed by atoms with Crippen molar-refractivity contribution in [1.82, 2.24) is 0 Å². The molecule has 0 bridgehead atoms. The fourth-order valence-electron chi connectivity index (χ4n) is 2.52. The number of anilines is 2. The van der Waals surface area contributed by atoms with E-state index >= 15 is 0 Å². The first kappa shape index (κ1) is 18.2. The monoisotopic (exact) mass is 366 g/mol. The van der Waals surface area contributed by atoms with Gasteiger partial charge in [0.1, 0.15) is 11.3 Å². The Morgan fingerprint density at radius 3 is 2.41 bits per heavy atom. The fourth-order valence-corrected chi connectivity index (χ4v) is 2.52. The summed E-state index contributed by atoms with van der Waals surface area (Å²) in [7, 11) is 0. The first-order chi connectivity index (χ1) is 13.0. The highest BCUT2D eigenvalue weighted by molar-refractivity contribution is 6.38. The Morgan fingerprint density at radius 1 is 1.00 bits per heavy atom. The van der Waals surface area contributed by atoms with Crippen molar-refractivity contribution in [3.63, 3.8) is 0 Å². The van der Waals surface area contributed by atoms with Gasteiger partial charge in [0.15, 0.2) is 0 Å². The highest BCUT2D eigenvalue weighted by Crippen LogP contribution is 2.31. The first-order valence-corrected chi connectivity index (χ1v) is 8.37. The van der Waals surface area contributed by atoms with E-state index in [-0.39, 0.29) is 18.1 Å². The van der Waals surface area contributed by atoms with Gasteiger partial charge in [-0.25, -0.2) is 4.79 Å². The summed E-state index contributed by atoms with van der Waals surface area (Å²) in [5, 5.41) is 5.64. The van der Waals surface area contributed by atoms with Crippen LogP contribution in [0, 0.1) is 6.92 Å². The Morgan fingerprint density at radius 2 is 1.70 bits per heavy atom. The van der Waals surface area contributed by atoms with Crippen LogP contribution in [0.4, 0.5) is 11.4 Å². The van der Waals surface area contributed by atoms with Gasteiger partial charge in [0.05, 0.1) is 6.61 Å². The van der Waals surface area contributed by atoms with Crippen LogP contribution in [0.15, 0.2) is 52.9 Å². The van der Waals surface area contributed by atoms with Gasteiger partial charge in [0, 0.05) is 11.1 Å². The van der Waals surface area contributed by atoms with Crippen LogP contribution in [-0.2, 0) is 14.3 Å². The summed E-state index contributed by atoms with van der Waals surface area (Å²) in [5.41, 5.74) is 2.16. The van der Waals surface area contributed by atoms with Gasteiger partial charge in [-0.15, -0.1) is 0 Å². The van der Waals surface area contributed by atoms with E-state index < -0.39 is 17.8 Å². The summed E-state index contributed by atoms with van der Waals surface area (Å²) in [5.74, 6) is -2.66. The normalized spacial score (nSPS) is 10.4. The van der Waals surface area contributed by atoms with E-state index in [9.17, 15) is 14.4 Å². The molecule has 0 spiro atoms. The van der Waals surface area contributed by atoms with E-state index in [1.165, 1.54) is 0 Å². The predicted molar refractivity (Wildman–Crippen MR) is 101 cm³/mol. The number of fused-ring (bicyclic) bond motifs is 1. The summed E-state index contributed by atoms with van der Waals surface area (Å²) in [4.78, 5) is 36.4. The van der Waals surface area contributed by atoms with Crippen LogP contribution in [0.3, 0.4) is 0 Å². The molecule has 0 saturated heterocycles. The minimum absolute atomic E-state index is 0.0686. The SMILES string of the molecule is CCOC(=O)C(=O)Nc1c(C(=O)Nc2ccc(C)cc2)oc2ccccc12. The van der Waals surface area contributed by atoms with Crippen molar-refractivity contribution in [2.24, 2.45) is 0 Å². The maximum Gasteiger partial charge on any atom is 0.397 e. The molecule has 2 aromatic carbocycles. The largest absolute Gasteiger partial charge is 0.459 e. The topological polar surface area (TPSA) is 97.6 Å². The highest BCUT2D eigenvalue weighted by atomic mass is 16.5. The zero-order valence-electron chi connectivity index (χ0n) is 14.9. The summed E-state index contributed by atoms with van der Waals surface area (Å²) < 4.78 is 10.3. The Balaban J connectivity index is 1.94. The molecule has 0 fully saturated rings. The second-order valence-corrected chi connectivity index (χ2v) is 5.80. The number of esters is 1. The molecule has 0 radical (unpaired) electrons. The number of amides is 2. The molecule has 27 heavy (non-hydrogen) atoms. The lowest BCUT2D eigenvalue weighted by Crippen LogP contribution is -2.26. The molecule has 2 N–H and O–H groups in total. The highest BCUT2D eigenvalue weighted by Gasteiger charge is 2.25. The number of carbonyl (C=O) groups excluding carboxylic acids is 3. The Bertz CT molecular complexity index is 1000. The maximum absolute atomic E-state index is 12.7. The second kappa shape index (κ2) is 7.74. The minimum atomic E-state index is -1.03. The minimum Gasteiger partial charge on any atom is -0.459 e. The molecule has 3 rings (SSSR count). The third-order valence-electron chi connectivity index (χ3n) is 3.81. The smallest absolute Gasteiger partial charge is 0.397 e. The Hall–Kier alpha value is -3.61. The van der Waals surface area contributed by atoms with E-state index in [0.29, 0.717) is 16.7 Å². The Kier molecular flexibility index (Phi) is 5.21. The molecule has 0 atom stereocenters. The number of aryl methyl sites for hydroxylation is 1. The lowest BCUT2D eigenvalue weighted by molar-refractivity contribution is -0.152. The van der Waals surface area contributed by atoms with E-state index in [1.807, 2.05) is 19.1 Å². The number of ether oxygens (including phenoxy) is 1. The van der Waals surface area contributed by atoms with Crippen molar-refractivity contribution in [1.29, 1.82) is 0 Å². The van der Waals surface area contributed by atoms with E-state index in [0.717, 1.165) is 5.56 Å². The van der Waals surface area contributed by atoms with Crippen LogP contribution in [0.2, 0.25) is 0 Å². The number of hydrogen-bond donors (Lipinski definition) is 2. The third kappa shape index (κ3) is 3.98. The molecule has 0 unspecified atom stereocenters. The summed E-state index contributed by atoms with van der Waals surface area (Å²) in [6, 6.07) is 14.1. The summed E-state index contributed by atoms with van der Waals surface area (Å²) in [6.45, 7) is 3.60. The van der Waals surface area contributed by atoms with Crippen molar-refractivity contribution in [3.05, 3.63) is 59.9 Å². The third-order valence-corrected chi connectivity index (χ3v) is 3.81. The second-order valence-electron chi connectivity index (χ2n) is 5.80. The van der Waals surface area contributed by atoms with Gasteiger partial charge in [-0.3, -0.25) is 9.59 Å². The number of carbonyl (C=O) groups is 3. The van der Waals surface area contributed by atoms with Gasteiger partial charge in [0.25, 0.3) is 5.91 Å². The molecular weight excluding hydrogens is 348 g/mol. The van der Waals surface area contributed by atoms with Crippen LogP contribution in [0.1, 0.15) is 23.0 Å². The van der Waals surface area contributed by atoms with Crippen LogP contribution in [0.5, 0.6) is 0 Å². The fraction of sp³-hybridized carbons (Fsp3) is 0.150. The lowest BCUT2D eigenvalue weighted by Gasteiger charge is -2.07. The summed E-state index contributed by atoms with van der Waals surface area (Å²) >= 11 is 0. The number of benzene rings is 2. The van der Waals surface area contributed by atoms with Gasteiger partial charge in [0.2, 0.25) is 5.76 Å². The molecule has 0 aliphatic rings. The molecule has 7 heteroatoms. The molecule has 3 aromatic rings. The van der Waals surface area contributed by atoms with Gasteiger partial charge >= 0.3 is 11.9 Å². The number of rotatable bonds is 4. The van der Waals surface area contributed by atoms with E-state index in [4.69, 9.17) is 4.42 Å². The molecular formula is C20H18N2O5. The zero-order valence-corrected chi connectivity index (χ0v) is 14.9. The van der Waals surface area contributed by atoms with E-state index in [1.54, 1.807) is 43.3 Å². The lowest BCUT2D eigenvalue weighted by atomic mass is 10.2. The molecule has 0 saturated carbocycles. The molecule has 0 aliphatic carbocycles. The number of nitrogens with one attached hydrogen (secondary N) is 2. The average Bonchev–Trinajstić information content (AvgIpc) is 3.02. The van der Waals surface area contributed by atoms with Crippen LogP contribution in [-0.4, -0.2) is 24.4 Å². The van der Waals surface area contributed by atoms with Gasteiger partial charge in [-0.1, -0.05) is 29.8 Å². The predicted octanol–water partition coefficient (Wildman–Crippen LogP) is 3.50. The maximum atomic E-state index is 12.7. The molecule has 0 aliphatic heterocycles. The Labute approximate surface area is 155 Å². The average molecular weight is 366 g/mol. The molecule has 1 aromatic heterocycles. The quantitative estimate of drug-likeness (QED) is 0.544. The van der Waals surface area contributed by atoms with Crippen molar-refractivity contribution >= 4 is 40.1 Å². The molecule has 138 valence electrons. The van der Waals surface area contributed by atoms with Gasteiger partial charge < -0.3 is 19.8 Å². The van der Waals surface area contributed by atoms with Crippen LogP contribution < -0.4 is 10.6 Å². The molecule has 1 heterocycles. The van der Waals surface area contributed by atoms with E-state index in [2.05, 4.69) is 15.4 Å². The van der Waals surface area contributed by atoms with Crippen molar-refractivity contribution in [2.45, 2.75) is 13.8 Å². The standard InChI is InChI=1S/C20H18N2O5/c1-3-26-20(25)19(24)22-16-14-6-4-5-7-15(14)27-17(16)18(23)21-13-10-8-12(2)9-11-13/h4-11H,3H2,1-2H3,(H,21,23)(H,22,24). The molecule has 7 nitrogen and oxygen atoms in total. The number of furan rings is 1. The molecule has 2 amide bonds. The zero-order chi connectivity index (χ0) is 19.4. The van der Waals surface area contributed by atoms with Gasteiger partial charge in [-0.2, -0.15) is 0 Å². The number of para-hydroxylation sites is 1. The summed E-state index contributed by atoms with van der Waals surface area (Å²) in [6.07, 6.45) is 0. The van der Waals surface area contributed by atoms with Crippen LogP contribution in [0.25, 0.3) is 11.0 Å². The van der Waals surface area contributed by atoms with Crippen molar-refractivity contribution in [3.8, 4) is 0 Å².